The lowest BCUT2D eigenvalue weighted by molar-refractivity contribution is -0.283. The van der Waals surface area contributed by atoms with Crippen LogP contribution in [0.3, 0.4) is 0 Å². The molecule has 2 aromatic carbocycles. The summed E-state index contributed by atoms with van der Waals surface area (Å²) in [6, 6.07) is 14.2. The van der Waals surface area contributed by atoms with Gasteiger partial charge in [0, 0.05) is 23.6 Å². The molecule has 4 heterocycles. The second kappa shape index (κ2) is 5.53. The van der Waals surface area contributed by atoms with Gasteiger partial charge in [-0.2, -0.15) is 0 Å². The number of fused-ring (bicyclic) bond motifs is 2. The van der Waals surface area contributed by atoms with Gasteiger partial charge in [0.1, 0.15) is 18.0 Å². The van der Waals surface area contributed by atoms with Gasteiger partial charge >= 0.3 is 5.97 Å². The summed E-state index contributed by atoms with van der Waals surface area (Å²) in [5.41, 5.74) is 0.742. The van der Waals surface area contributed by atoms with E-state index in [1.165, 1.54) is 6.92 Å². The fourth-order valence-corrected chi connectivity index (χ4v) is 4.57. The summed E-state index contributed by atoms with van der Waals surface area (Å²) >= 11 is 0. The van der Waals surface area contributed by atoms with Crippen molar-refractivity contribution in [3.63, 3.8) is 0 Å². The summed E-state index contributed by atoms with van der Waals surface area (Å²) in [4.78, 5) is 25.2. The van der Waals surface area contributed by atoms with Crippen LogP contribution in [-0.4, -0.2) is 22.6 Å². The lowest BCUT2D eigenvalue weighted by atomic mass is 9.71. The third kappa shape index (κ3) is 2.04. The number of rotatable bonds is 1. The van der Waals surface area contributed by atoms with Crippen LogP contribution in [0.5, 0.6) is 0 Å². The molecule has 0 saturated carbocycles. The molecule has 28 heavy (non-hydrogen) atoms. The van der Waals surface area contributed by atoms with E-state index in [4.69, 9.17) is 14.2 Å². The minimum atomic E-state index is -2.09. The number of hydrogen-bond acceptors (Lipinski definition) is 6. The number of ether oxygens (including phenoxy) is 3. The maximum atomic E-state index is 13.0. The first-order valence-electron chi connectivity index (χ1n) is 9.06. The predicted molar refractivity (Wildman–Crippen MR) is 97.0 cm³/mol. The van der Waals surface area contributed by atoms with Crippen molar-refractivity contribution in [2.75, 3.05) is 0 Å². The summed E-state index contributed by atoms with van der Waals surface area (Å²) in [7, 11) is 0. The van der Waals surface area contributed by atoms with Crippen LogP contribution in [-0.2, 0) is 24.6 Å². The lowest BCUT2D eigenvalue weighted by Gasteiger charge is -2.53. The van der Waals surface area contributed by atoms with Gasteiger partial charge in [0.05, 0.1) is 6.42 Å². The number of esters is 1. The van der Waals surface area contributed by atoms with Crippen LogP contribution in [0.25, 0.3) is 0 Å². The highest BCUT2D eigenvalue weighted by molar-refractivity contribution is 6.03. The van der Waals surface area contributed by atoms with E-state index in [2.05, 4.69) is 6.58 Å². The number of carbonyl (C=O) groups excluding carboxylic acids is 2. The number of ketones is 1. The molecule has 1 saturated heterocycles. The van der Waals surface area contributed by atoms with Gasteiger partial charge < -0.3 is 19.3 Å². The van der Waals surface area contributed by atoms with Gasteiger partial charge in [-0.15, -0.1) is 0 Å². The quantitative estimate of drug-likeness (QED) is 0.768. The largest absolute Gasteiger partial charge is 0.486 e. The highest BCUT2D eigenvalue weighted by atomic mass is 16.7. The van der Waals surface area contributed by atoms with Crippen molar-refractivity contribution < 1.29 is 28.9 Å². The summed E-state index contributed by atoms with van der Waals surface area (Å²) in [6.07, 6.45) is -1.75. The van der Waals surface area contributed by atoms with Gasteiger partial charge in [0.15, 0.2) is 0 Å². The molecule has 0 aliphatic carbocycles. The third-order valence-corrected chi connectivity index (χ3v) is 5.70. The Balaban J connectivity index is 1.89. The van der Waals surface area contributed by atoms with Gasteiger partial charge in [-0.05, 0) is 5.56 Å². The number of carbonyl (C=O) groups is 2. The van der Waals surface area contributed by atoms with Crippen molar-refractivity contribution in [1.29, 1.82) is 0 Å². The van der Waals surface area contributed by atoms with E-state index in [0.717, 1.165) is 5.56 Å². The average molecular weight is 378 g/mol. The molecule has 4 aliphatic rings. The van der Waals surface area contributed by atoms with Gasteiger partial charge in [0.2, 0.25) is 17.2 Å². The molecule has 4 atom stereocenters. The Hall–Kier alpha value is -2.96. The van der Waals surface area contributed by atoms with Crippen molar-refractivity contribution in [2.24, 2.45) is 0 Å². The van der Waals surface area contributed by atoms with E-state index in [1.807, 2.05) is 24.3 Å². The van der Waals surface area contributed by atoms with Crippen LogP contribution in [0, 0.1) is 0 Å². The summed E-state index contributed by atoms with van der Waals surface area (Å²) in [5.74, 6) is -2.97. The molecule has 6 nitrogen and oxygen atoms in total. The highest BCUT2D eigenvalue weighted by Gasteiger charge is 2.63. The van der Waals surface area contributed by atoms with Crippen molar-refractivity contribution in [3.05, 3.63) is 83.1 Å². The fraction of sp³-hybridized carbons (Fsp3) is 0.273. The second-order valence-electron chi connectivity index (χ2n) is 7.35. The zero-order chi connectivity index (χ0) is 19.7. The molecule has 6 heteroatoms. The molecule has 0 unspecified atom stereocenters. The van der Waals surface area contributed by atoms with Crippen molar-refractivity contribution in [1.82, 2.24) is 0 Å². The molecule has 142 valence electrons. The van der Waals surface area contributed by atoms with E-state index in [0.29, 0.717) is 16.7 Å². The minimum Gasteiger partial charge on any atom is -0.486 e. The van der Waals surface area contributed by atoms with Crippen LogP contribution in [0.2, 0.25) is 0 Å². The Labute approximate surface area is 161 Å². The van der Waals surface area contributed by atoms with Crippen molar-refractivity contribution in [2.45, 2.75) is 36.9 Å². The Bertz CT molecular complexity index is 1040. The maximum absolute atomic E-state index is 13.0. The molecule has 6 rings (SSSR count). The van der Waals surface area contributed by atoms with E-state index in [9.17, 15) is 14.7 Å². The molecule has 0 radical (unpaired) electrons. The Morgan fingerprint density at radius 1 is 1.18 bits per heavy atom. The first kappa shape index (κ1) is 17.2. The molecule has 1 N–H and O–H groups in total. The molecule has 0 amide bonds. The van der Waals surface area contributed by atoms with Crippen LogP contribution >= 0.6 is 0 Å². The molecule has 2 aromatic rings. The standard InChI is InChI=1S/C22H18O6/c1-12-22(27-13(2)23)17-10-6-5-9-16(17)18(26-12)11-21(25)19(24)14-7-3-4-8-15(14)20(22)28-21/h3-10,18,20,25H,1,11H2,2H3/t18-,20-,21-,22+/m0/s1. The summed E-state index contributed by atoms with van der Waals surface area (Å²) in [5, 5.41) is 11.2. The monoisotopic (exact) mass is 378 g/mol. The topological polar surface area (TPSA) is 82.1 Å². The SMILES string of the molecule is C=C1O[C@H]2C[C@]3(O)O[C@@H](c4ccccc4C3=O)[C@]1(OC(C)=O)c1ccccc12. The molecule has 4 aliphatic heterocycles. The fourth-order valence-electron chi connectivity index (χ4n) is 4.57. The van der Waals surface area contributed by atoms with Crippen LogP contribution in [0.4, 0.5) is 0 Å². The van der Waals surface area contributed by atoms with E-state index in [1.54, 1.807) is 24.3 Å². The van der Waals surface area contributed by atoms with E-state index in [-0.39, 0.29) is 12.2 Å². The second-order valence-corrected chi connectivity index (χ2v) is 7.35. The maximum Gasteiger partial charge on any atom is 0.304 e. The summed E-state index contributed by atoms with van der Waals surface area (Å²) in [6.45, 7) is 5.33. The molecular weight excluding hydrogens is 360 g/mol. The Morgan fingerprint density at radius 3 is 2.61 bits per heavy atom. The molecule has 1 fully saturated rings. The normalized spacial score (nSPS) is 32.5. The molecule has 0 aromatic heterocycles. The number of aliphatic hydroxyl groups is 1. The van der Waals surface area contributed by atoms with Crippen LogP contribution in [0.1, 0.15) is 52.6 Å². The van der Waals surface area contributed by atoms with Gasteiger partial charge in [0.25, 0.3) is 0 Å². The Morgan fingerprint density at radius 2 is 1.86 bits per heavy atom. The zero-order valence-electron chi connectivity index (χ0n) is 15.2. The number of hydrogen-bond donors (Lipinski definition) is 1. The average Bonchev–Trinajstić information content (AvgIpc) is 2.67. The van der Waals surface area contributed by atoms with Crippen LogP contribution < -0.4 is 0 Å². The van der Waals surface area contributed by atoms with Gasteiger partial charge in [-0.3, -0.25) is 9.59 Å². The van der Waals surface area contributed by atoms with Crippen molar-refractivity contribution >= 4 is 11.8 Å². The molecule has 4 bridgehead atoms. The van der Waals surface area contributed by atoms with E-state index < -0.39 is 35.3 Å². The van der Waals surface area contributed by atoms with E-state index >= 15 is 0 Å². The first-order valence-corrected chi connectivity index (χ1v) is 9.06. The first-order chi connectivity index (χ1) is 13.4. The summed E-state index contributed by atoms with van der Waals surface area (Å²) < 4.78 is 17.9. The molecular formula is C22H18O6. The smallest absolute Gasteiger partial charge is 0.304 e. The van der Waals surface area contributed by atoms with Crippen LogP contribution in [0.15, 0.2) is 60.9 Å². The molecule has 0 spiro atoms. The van der Waals surface area contributed by atoms with Gasteiger partial charge in [-0.1, -0.05) is 55.1 Å². The van der Waals surface area contributed by atoms with Gasteiger partial charge in [-0.25, -0.2) is 0 Å². The number of Topliss-reactive ketones (excluding diaryl/α,β-unsaturated/α-hetero) is 1. The third-order valence-electron chi connectivity index (χ3n) is 5.70. The highest BCUT2D eigenvalue weighted by Crippen LogP contribution is 2.59. The predicted octanol–water partition coefficient (Wildman–Crippen LogP) is 3.08. The lowest BCUT2D eigenvalue weighted by Crippen LogP contribution is -2.57. The minimum absolute atomic E-state index is 0.0944. The van der Waals surface area contributed by atoms with Crippen molar-refractivity contribution in [3.8, 4) is 0 Å². The number of benzene rings is 2. The zero-order valence-corrected chi connectivity index (χ0v) is 15.2. The Kier molecular flexibility index (Phi) is 3.39.